The van der Waals surface area contributed by atoms with Crippen molar-refractivity contribution >= 4 is 10.0 Å². The number of ether oxygens (including phenoxy) is 1. The lowest BCUT2D eigenvalue weighted by Crippen LogP contribution is -2.31. The van der Waals surface area contributed by atoms with Gasteiger partial charge in [-0.2, -0.15) is 0 Å². The normalized spacial score (nSPS) is 13.3. The van der Waals surface area contributed by atoms with Crippen LogP contribution in [0.1, 0.15) is 25.8 Å². The molecular formula is C15H26N2O3S. The third-order valence-corrected chi connectivity index (χ3v) is 4.60. The second-order valence-electron chi connectivity index (χ2n) is 5.20. The first kappa shape index (κ1) is 18.1. The summed E-state index contributed by atoms with van der Waals surface area (Å²) < 4.78 is 32.5. The number of nitrogens with one attached hydrogen (secondary N) is 2. The molecule has 0 amide bonds. The molecule has 0 bridgehead atoms. The molecule has 1 unspecified atom stereocenters. The maximum atomic E-state index is 12.4. The van der Waals surface area contributed by atoms with Crippen LogP contribution in [0.4, 0.5) is 0 Å². The van der Waals surface area contributed by atoms with E-state index in [9.17, 15) is 8.42 Å². The van der Waals surface area contributed by atoms with Crippen molar-refractivity contribution in [2.45, 2.75) is 31.7 Å². The first-order valence-electron chi connectivity index (χ1n) is 7.28. The maximum absolute atomic E-state index is 12.4. The van der Waals surface area contributed by atoms with Crippen molar-refractivity contribution in [3.05, 3.63) is 29.8 Å². The summed E-state index contributed by atoms with van der Waals surface area (Å²) in [7, 11) is -1.88. The zero-order chi connectivity index (χ0) is 15.7. The monoisotopic (exact) mass is 314 g/mol. The van der Waals surface area contributed by atoms with Crippen LogP contribution in [0.2, 0.25) is 0 Å². The Kier molecular flexibility index (Phi) is 7.88. The number of benzene rings is 1. The predicted molar refractivity (Wildman–Crippen MR) is 84.7 cm³/mol. The van der Waals surface area contributed by atoms with Crippen molar-refractivity contribution in [3.8, 4) is 0 Å². The molecule has 1 aromatic rings. The van der Waals surface area contributed by atoms with Gasteiger partial charge < -0.3 is 10.1 Å². The van der Waals surface area contributed by atoms with Gasteiger partial charge in [0.15, 0.2) is 0 Å². The van der Waals surface area contributed by atoms with Gasteiger partial charge in [0.05, 0.1) is 4.90 Å². The summed E-state index contributed by atoms with van der Waals surface area (Å²) in [4.78, 5) is 0.346. The van der Waals surface area contributed by atoms with Gasteiger partial charge in [-0.1, -0.05) is 32.0 Å². The van der Waals surface area contributed by atoms with Crippen molar-refractivity contribution in [2.24, 2.45) is 5.92 Å². The molecule has 0 aliphatic carbocycles. The van der Waals surface area contributed by atoms with Crippen LogP contribution in [0.5, 0.6) is 0 Å². The largest absolute Gasteiger partial charge is 0.384 e. The lowest BCUT2D eigenvalue weighted by Gasteiger charge is -2.14. The van der Waals surface area contributed by atoms with E-state index >= 15 is 0 Å². The van der Waals surface area contributed by atoms with Gasteiger partial charge in [0.25, 0.3) is 0 Å². The Labute approximate surface area is 128 Å². The first-order valence-corrected chi connectivity index (χ1v) is 8.76. The first-order chi connectivity index (χ1) is 10.0. The van der Waals surface area contributed by atoms with Gasteiger partial charge in [-0.3, -0.25) is 0 Å². The van der Waals surface area contributed by atoms with Crippen LogP contribution in [0.3, 0.4) is 0 Å². The molecular weight excluding hydrogens is 288 g/mol. The van der Waals surface area contributed by atoms with E-state index in [4.69, 9.17) is 4.74 Å². The molecule has 1 rings (SSSR count). The van der Waals surface area contributed by atoms with Crippen LogP contribution in [-0.2, 0) is 21.3 Å². The summed E-state index contributed by atoms with van der Waals surface area (Å²) in [5, 5.41) is 3.24. The van der Waals surface area contributed by atoms with Crippen LogP contribution in [0, 0.1) is 5.92 Å². The molecule has 21 heavy (non-hydrogen) atoms. The Bertz CT molecular complexity index is 517. The predicted octanol–water partition coefficient (Wildman–Crippen LogP) is 1.75. The minimum Gasteiger partial charge on any atom is -0.384 e. The zero-order valence-electron chi connectivity index (χ0n) is 13.1. The lowest BCUT2D eigenvalue weighted by molar-refractivity contribution is 0.161. The average molecular weight is 314 g/mol. The quantitative estimate of drug-likeness (QED) is 0.646. The third-order valence-electron chi connectivity index (χ3n) is 3.08. The van der Waals surface area contributed by atoms with Crippen LogP contribution < -0.4 is 10.0 Å². The Morgan fingerprint density at radius 1 is 1.29 bits per heavy atom. The molecule has 0 radical (unpaired) electrons. The molecule has 6 heteroatoms. The number of sulfonamides is 1. The van der Waals surface area contributed by atoms with Crippen LogP contribution >= 0.6 is 0 Å². The summed E-state index contributed by atoms with van der Waals surface area (Å²) in [5.74, 6) is 0.134. The topological polar surface area (TPSA) is 67.4 Å². The van der Waals surface area contributed by atoms with Crippen LogP contribution in [0.15, 0.2) is 29.2 Å². The smallest absolute Gasteiger partial charge is 0.240 e. The minimum absolute atomic E-state index is 0.134. The van der Waals surface area contributed by atoms with Gasteiger partial charge in [0.1, 0.15) is 0 Å². The van der Waals surface area contributed by atoms with Crippen molar-refractivity contribution in [1.29, 1.82) is 0 Å². The second kappa shape index (κ2) is 9.15. The van der Waals surface area contributed by atoms with E-state index in [1.54, 1.807) is 19.2 Å². The molecule has 0 fully saturated rings. The summed E-state index contributed by atoms with van der Waals surface area (Å²) in [6.45, 7) is 6.34. The number of rotatable bonds is 10. The van der Waals surface area contributed by atoms with Gasteiger partial charge in [0, 0.05) is 26.8 Å². The highest BCUT2D eigenvalue weighted by molar-refractivity contribution is 7.89. The molecule has 0 saturated carbocycles. The van der Waals surface area contributed by atoms with Crippen molar-refractivity contribution in [2.75, 3.05) is 26.8 Å². The van der Waals surface area contributed by atoms with Crippen LogP contribution in [-0.4, -0.2) is 35.2 Å². The Morgan fingerprint density at radius 3 is 2.67 bits per heavy atom. The Morgan fingerprint density at radius 2 is 2.00 bits per heavy atom. The highest BCUT2D eigenvalue weighted by atomic mass is 32.2. The zero-order valence-corrected chi connectivity index (χ0v) is 13.9. The molecule has 0 heterocycles. The van der Waals surface area contributed by atoms with Gasteiger partial charge in [-0.15, -0.1) is 0 Å². The van der Waals surface area contributed by atoms with E-state index in [0.29, 0.717) is 24.6 Å². The molecule has 0 saturated heterocycles. The number of hydrogen-bond donors (Lipinski definition) is 2. The summed E-state index contributed by atoms with van der Waals surface area (Å²) in [5.41, 5.74) is 0.790. The second-order valence-corrected chi connectivity index (χ2v) is 6.93. The highest BCUT2D eigenvalue weighted by Gasteiger charge is 2.18. The van der Waals surface area contributed by atoms with E-state index in [-0.39, 0.29) is 5.92 Å². The Hall–Kier alpha value is -0.950. The van der Waals surface area contributed by atoms with Crippen molar-refractivity contribution in [3.63, 3.8) is 0 Å². The average Bonchev–Trinajstić information content (AvgIpc) is 2.46. The van der Waals surface area contributed by atoms with E-state index in [1.807, 2.05) is 19.1 Å². The highest BCUT2D eigenvalue weighted by Crippen LogP contribution is 2.15. The standard InChI is InChI=1S/C15H26N2O3S/c1-4-9-16-11-14-7-5-6-8-15(14)21(18,19)17-10-13(2)12-20-3/h5-8,13,16-17H,4,9-12H2,1-3H3. The summed E-state index contributed by atoms with van der Waals surface area (Å²) in [6, 6.07) is 7.09. The van der Waals surface area contributed by atoms with Gasteiger partial charge >= 0.3 is 0 Å². The molecule has 0 aliphatic rings. The molecule has 0 spiro atoms. The third kappa shape index (κ3) is 6.13. The fourth-order valence-electron chi connectivity index (χ4n) is 1.99. The molecule has 1 atom stereocenters. The van der Waals surface area contributed by atoms with E-state index in [2.05, 4.69) is 17.0 Å². The Balaban J connectivity index is 2.77. The van der Waals surface area contributed by atoms with Gasteiger partial charge in [-0.05, 0) is 30.5 Å². The maximum Gasteiger partial charge on any atom is 0.240 e. The molecule has 0 aromatic heterocycles. The van der Waals surface area contributed by atoms with Gasteiger partial charge in [0.2, 0.25) is 10.0 Å². The summed E-state index contributed by atoms with van der Waals surface area (Å²) >= 11 is 0. The van der Waals surface area contributed by atoms with Crippen molar-refractivity contribution < 1.29 is 13.2 Å². The van der Waals surface area contributed by atoms with E-state index < -0.39 is 10.0 Å². The molecule has 5 nitrogen and oxygen atoms in total. The molecule has 2 N–H and O–H groups in total. The van der Waals surface area contributed by atoms with Crippen molar-refractivity contribution in [1.82, 2.24) is 10.0 Å². The molecule has 0 aliphatic heterocycles. The van der Waals surface area contributed by atoms with E-state index in [0.717, 1.165) is 18.5 Å². The van der Waals surface area contributed by atoms with Gasteiger partial charge in [-0.25, -0.2) is 13.1 Å². The molecule has 120 valence electrons. The fourth-order valence-corrected chi connectivity index (χ4v) is 3.39. The number of methoxy groups -OCH3 is 1. The minimum atomic E-state index is -3.49. The SMILES string of the molecule is CCCNCc1ccccc1S(=O)(=O)NCC(C)COC. The number of hydrogen-bond acceptors (Lipinski definition) is 4. The van der Waals surface area contributed by atoms with Crippen LogP contribution in [0.25, 0.3) is 0 Å². The summed E-state index contributed by atoms with van der Waals surface area (Å²) in [6.07, 6.45) is 1.02. The lowest BCUT2D eigenvalue weighted by atomic mass is 10.2. The van der Waals surface area contributed by atoms with E-state index in [1.165, 1.54) is 0 Å². The molecule has 1 aromatic carbocycles. The fraction of sp³-hybridized carbons (Fsp3) is 0.600.